The molecule has 0 bridgehead atoms. The molecule has 1 amide bonds. The minimum atomic E-state index is 0.0161. The van der Waals surface area contributed by atoms with E-state index in [2.05, 4.69) is 47.5 Å². The third-order valence-electron chi connectivity index (χ3n) is 4.48. The number of ether oxygens (including phenoxy) is 1. The topological polar surface area (TPSA) is 59.4 Å². The van der Waals surface area contributed by atoms with Crippen molar-refractivity contribution < 1.29 is 9.53 Å². The van der Waals surface area contributed by atoms with Gasteiger partial charge in [0.2, 0.25) is 5.91 Å². The number of aryl methyl sites for hydroxylation is 1. The number of rotatable bonds is 8. The maximum absolute atomic E-state index is 12.1. The molecular formula is C18H32N4O2. The summed E-state index contributed by atoms with van der Waals surface area (Å²) in [6.45, 7) is 12.7. The van der Waals surface area contributed by atoms with Crippen LogP contribution in [0.2, 0.25) is 0 Å². The third-order valence-corrected chi connectivity index (χ3v) is 4.48. The largest absolute Gasteiger partial charge is 0.375 e. The van der Waals surface area contributed by atoms with Gasteiger partial charge < -0.3 is 14.6 Å². The van der Waals surface area contributed by atoms with Crippen LogP contribution in [0.5, 0.6) is 0 Å². The van der Waals surface area contributed by atoms with Gasteiger partial charge in [-0.25, -0.2) is 4.98 Å². The van der Waals surface area contributed by atoms with Gasteiger partial charge in [-0.2, -0.15) is 0 Å². The van der Waals surface area contributed by atoms with Crippen LogP contribution in [0.1, 0.15) is 52.3 Å². The molecule has 0 spiro atoms. The summed E-state index contributed by atoms with van der Waals surface area (Å²) in [6.07, 6.45) is 5.22. The van der Waals surface area contributed by atoms with Crippen LogP contribution >= 0.6 is 0 Å². The Morgan fingerprint density at radius 3 is 2.92 bits per heavy atom. The highest BCUT2D eigenvalue weighted by Gasteiger charge is 2.24. The van der Waals surface area contributed by atoms with Crippen LogP contribution in [-0.2, 0) is 16.1 Å². The minimum Gasteiger partial charge on any atom is -0.375 e. The molecule has 136 valence electrons. The standard InChI is InChI=1S/C18H32N4O2/c1-14(2)18-20-7-9-21(18)8-5-6-19-17(23)12-16-13-22(15(3)4)10-11-24-16/h7,9,14-16H,5-6,8,10-13H2,1-4H3,(H,19,23). The fourth-order valence-corrected chi connectivity index (χ4v) is 3.10. The summed E-state index contributed by atoms with van der Waals surface area (Å²) in [5, 5.41) is 3.01. The average Bonchev–Trinajstić information content (AvgIpc) is 3.00. The third kappa shape index (κ3) is 5.60. The number of carbonyl (C=O) groups excluding carboxylic acids is 1. The van der Waals surface area contributed by atoms with Crippen LogP contribution in [0.3, 0.4) is 0 Å². The average molecular weight is 336 g/mol. The second-order valence-electron chi connectivity index (χ2n) is 7.12. The quantitative estimate of drug-likeness (QED) is 0.738. The number of nitrogens with one attached hydrogen (secondary N) is 1. The summed E-state index contributed by atoms with van der Waals surface area (Å²) in [6, 6.07) is 0.504. The number of nitrogens with zero attached hydrogens (tertiary/aromatic N) is 3. The second-order valence-corrected chi connectivity index (χ2v) is 7.12. The van der Waals surface area contributed by atoms with E-state index < -0.39 is 0 Å². The van der Waals surface area contributed by atoms with Crippen molar-refractivity contribution in [1.82, 2.24) is 19.8 Å². The van der Waals surface area contributed by atoms with E-state index >= 15 is 0 Å². The number of hydrogen-bond donors (Lipinski definition) is 1. The van der Waals surface area contributed by atoms with Crippen LogP contribution < -0.4 is 5.32 Å². The SMILES string of the molecule is CC(C)c1nccn1CCCNC(=O)CC1CN(C(C)C)CCO1. The first-order chi connectivity index (χ1) is 11.5. The highest BCUT2D eigenvalue weighted by molar-refractivity contribution is 5.76. The van der Waals surface area contributed by atoms with Crippen LogP contribution in [0.25, 0.3) is 0 Å². The Morgan fingerprint density at radius 1 is 1.42 bits per heavy atom. The number of amides is 1. The molecule has 1 N–H and O–H groups in total. The molecule has 1 aliphatic rings. The molecular weight excluding hydrogens is 304 g/mol. The highest BCUT2D eigenvalue weighted by atomic mass is 16.5. The molecule has 1 fully saturated rings. The van der Waals surface area contributed by atoms with Gasteiger partial charge >= 0.3 is 0 Å². The summed E-state index contributed by atoms with van der Waals surface area (Å²) in [5.74, 6) is 1.60. The van der Waals surface area contributed by atoms with Crippen LogP contribution in [0.4, 0.5) is 0 Å². The maximum Gasteiger partial charge on any atom is 0.222 e. The lowest BCUT2D eigenvalue weighted by molar-refractivity contribution is -0.126. The Hall–Kier alpha value is -1.40. The maximum atomic E-state index is 12.1. The number of carbonyl (C=O) groups is 1. The predicted octanol–water partition coefficient (Wildman–Crippen LogP) is 2.01. The molecule has 0 aliphatic carbocycles. The van der Waals surface area contributed by atoms with Crippen molar-refractivity contribution in [2.24, 2.45) is 0 Å². The van der Waals surface area contributed by atoms with Gasteiger partial charge in [-0.15, -0.1) is 0 Å². The zero-order valence-corrected chi connectivity index (χ0v) is 15.5. The van der Waals surface area contributed by atoms with Crippen LogP contribution in [-0.4, -0.2) is 58.7 Å². The zero-order valence-electron chi connectivity index (χ0n) is 15.5. The molecule has 1 unspecified atom stereocenters. The van der Waals surface area contributed by atoms with Gasteiger partial charge in [0, 0.05) is 50.5 Å². The van der Waals surface area contributed by atoms with Crippen molar-refractivity contribution in [3.63, 3.8) is 0 Å². The van der Waals surface area contributed by atoms with Gasteiger partial charge in [0.05, 0.1) is 19.1 Å². The normalized spacial score (nSPS) is 19.2. The Bertz CT molecular complexity index is 513. The number of morpholine rings is 1. The van der Waals surface area contributed by atoms with E-state index in [9.17, 15) is 4.79 Å². The van der Waals surface area contributed by atoms with Crippen molar-refractivity contribution in [3.05, 3.63) is 18.2 Å². The van der Waals surface area contributed by atoms with E-state index in [4.69, 9.17) is 4.74 Å². The van der Waals surface area contributed by atoms with Crippen molar-refractivity contribution in [1.29, 1.82) is 0 Å². The zero-order chi connectivity index (χ0) is 17.5. The fraction of sp³-hybridized carbons (Fsp3) is 0.778. The molecule has 24 heavy (non-hydrogen) atoms. The smallest absolute Gasteiger partial charge is 0.222 e. The monoisotopic (exact) mass is 336 g/mol. The molecule has 0 aromatic carbocycles. The minimum absolute atomic E-state index is 0.0161. The van der Waals surface area contributed by atoms with Gasteiger partial charge in [-0.3, -0.25) is 9.69 Å². The fourth-order valence-electron chi connectivity index (χ4n) is 3.10. The first kappa shape index (κ1) is 18.9. The molecule has 2 heterocycles. The summed E-state index contributed by atoms with van der Waals surface area (Å²) in [4.78, 5) is 18.8. The molecule has 1 atom stereocenters. The van der Waals surface area contributed by atoms with E-state index in [0.29, 0.717) is 31.5 Å². The first-order valence-corrected chi connectivity index (χ1v) is 9.10. The Morgan fingerprint density at radius 2 is 2.21 bits per heavy atom. The molecule has 0 saturated carbocycles. The summed E-state index contributed by atoms with van der Waals surface area (Å²) in [7, 11) is 0. The van der Waals surface area contributed by atoms with E-state index in [-0.39, 0.29) is 12.0 Å². The van der Waals surface area contributed by atoms with Crippen molar-refractivity contribution in [2.75, 3.05) is 26.2 Å². The lowest BCUT2D eigenvalue weighted by Crippen LogP contribution is -2.47. The number of hydrogen-bond acceptors (Lipinski definition) is 4. The summed E-state index contributed by atoms with van der Waals surface area (Å²) >= 11 is 0. The molecule has 1 aromatic rings. The second kappa shape index (κ2) is 9.18. The summed E-state index contributed by atoms with van der Waals surface area (Å²) < 4.78 is 7.89. The molecule has 6 nitrogen and oxygen atoms in total. The lowest BCUT2D eigenvalue weighted by Gasteiger charge is -2.35. The summed E-state index contributed by atoms with van der Waals surface area (Å²) in [5.41, 5.74) is 0. The predicted molar refractivity (Wildman–Crippen MR) is 95.0 cm³/mol. The Kier molecular flexibility index (Phi) is 7.24. The van der Waals surface area contributed by atoms with E-state index in [1.165, 1.54) is 0 Å². The van der Waals surface area contributed by atoms with E-state index in [1.807, 2.05) is 12.4 Å². The first-order valence-electron chi connectivity index (χ1n) is 9.10. The van der Waals surface area contributed by atoms with E-state index in [1.54, 1.807) is 0 Å². The van der Waals surface area contributed by atoms with Crippen molar-refractivity contribution in [3.8, 4) is 0 Å². The number of imidazole rings is 1. The molecule has 6 heteroatoms. The lowest BCUT2D eigenvalue weighted by atomic mass is 10.1. The van der Waals surface area contributed by atoms with Crippen molar-refractivity contribution >= 4 is 5.91 Å². The highest BCUT2D eigenvalue weighted by Crippen LogP contribution is 2.12. The van der Waals surface area contributed by atoms with Gasteiger partial charge in [0.1, 0.15) is 5.82 Å². The van der Waals surface area contributed by atoms with Gasteiger partial charge in [0.15, 0.2) is 0 Å². The van der Waals surface area contributed by atoms with Crippen molar-refractivity contribution in [2.45, 2.75) is 65.1 Å². The molecule has 1 saturated heterocycles. The molecule has 1 aliphatic heterocycles. The van der Waals surface area contributed by atoms with Crippen LogP contribution in [0.15, 0.2) is 12.4 Å². The Labute approximate surface area is 145 Å². The molecule has 2 rings (SSSR count). The van der Waals surface area contributed by atoms with Gasteiger partial charge in [-0.1, -0.05) is 13.8 Å². The van der Waals surface area contributed by atoms with Crippen LogP contribution in [0, 0.1) is 0 Å². The Balaban J connectivity index is 1.65. The van der Waals surface area contributed by atoms with Gasteiger partial charge in [0.25, 0.3) is 0 Å². The molecule has 1 aromatic heterocycles. The number of aromatic nitrogens is 2. The van der Waals surface area contributed by atoms with Gasteiger partial charge in [-0.05, 0) is 20.3 Å². The molecule has 0 radical (unpaired) electrons. The van der Waals surface area contributed by atoms with E-state index in [0.717, 1.165) is 31.9 Å².